The average molecular weight is 453 g/mol. The minimum Gasteiger partial charge on any atom is -0.506 e. The summed E-state index contributed by atoms with van der Waals surface area (Å²) in [6.07, 6.45) is 0. The van der Waals surface area contributed by atoms with Gasteiger partial charge in [-0.2, -0.15) is 4.31 Å². The zero-order chi connectivity index (χ0) is 22.6. The molecule has 1 aromatic heterocycles. The molecule has 0 saturated carbocycles. The number of fused-ring (bicyclic) bond motifs is 3. The number of nitrogens with zero attached hydrogens (tertiary/aromatic N) is 3. The normalized spacial score (nSPS) is 17.2. The smallest absolute Gasteiger partial charge is 0.268 e. The van der Waals surface area contributed by atoms with E-state index in [2.05, 4.69) is 4.98 Å². The second-order valence-electron chi connectivity index (χ2n) is 7.58. The van der Waals surface area contributed by atoms with Gasteiger partial charge in [-0.3, -0.25) is 14.6 Å². The summed E-state index contributed by atoms with van der Waals surface area (Å²) < 4.78 is 32.8. The first-order valence-corrected chi connectivity index (χ1v) is 11.4. The van der Waals surface area contributed by atoms with Crippen LogP contribution in [0.1, 0.15) is 26.4 Å². The fraction of sp³-hybridized carbons (Fsp3) is 0.227. The van der Waals surface area contributed by atoms with Crippen LogP contribution in [0.3, 0.4) is 0 Å². The van der Waals surface area contributed by atoms with Crippen LogP contribution in [0.5, 0.6) is 5.75 Å². The minimum atomic E-state index is -3.81. The lowest BCUT2D eigenvalue weighted by atomic mass is 10.0. The number of benzene rings is 2. The molecule has 10 heteroatoms. The summed E-state index contributed by atoms with van der Waals surface area (Å²) in [6.45, 7) is 2.72. The van der Waals surface area contributed by atoms with Gasteiger partial charge in [0.25, 0.3) is 11.8 Å². The molecule has 2 aromatic carbocycles. The number of hydrogen-bond acceptors (Lipinski definition) is 7. The van der Waals surface area contributed by atoms with Gasteiger partial charge < -0.3 is 9.84 Å². The van der Waals surface area contributed by atoms with Crippen LogP contribution in [-0.4, -0.2) is 60.9 Å². The Balaban J connectivity index is 1.69. The van der Waals surface area contributed by atoms with E-state index in [0.29, 0.717) is 24.4 Å². The van der Waals surface area contributed by atoms with Crippen LogP contribution in [0.25, 0.3) is 10.9 Å². The van der Waals surface area contributed by atoms with Gasteiger partial charge in [0.1, 0.15) is 5.75 Å². The first-order chi connectivity index (χ1) is 15.3. The first kappa shape index (κ1) is 20.6. The molecule has 2 amide bonds. The van der Waals surface area contributed by atoms with Crippen molar-refractivity contribution in [2.24, 2.45) is 0 Å². The number of aryl methyl sites for hydroxylation is 1. The number of para-hydroxylation sites is 2. The summed E-state index contributed by atoms with van der Waals surface area (Å²) in [5, 5.41) is 10.5. The van der Waals surface area contributed by atoms with E-state index in [9.17, 15) is 23.1 Å². The molecule has 0 atom stereocenters. The molecule has 0 aliphatic carbocycles. The van der Waals surface area contributed by atoms with Crippen molar-refractivity contribution in [1.82, 2.24) is 9.29 Å². The van der Waals surface area contributed by atoms with Gasteiger partial charge in [-0.15, -0.1) is 0 Å². The second-order valence-corrected chi connectivity index (χ2v) is 9.51. The van der Waals surface area contributed by atoms with E-state index in [1.807, 2.05) is 0 Å². The fourth-order valence-electron chi connectivity index (χ4n) is 4.13. The number of aromatic nitrogens is 1. The molecular weight excluding hydrogens is 434 g/mol. The molecule has 164 valence electrons. The Morgan fingerprint density at radius 3 is 2.41 bits per heavy atom. The number of imide groups is 1. The molecule has 9 nitrogen and oxygen atoms in total. The molecule has 2 aliphatic rings. The lowest BCUT2D eigenvalue weighted by Crippen LogP contribution is -2.40. The van der Waals surface area contributed by atoms with Crippen LogP contribution in [0.4, 0.5) is 5.69 Å². The maximum Gasteiger partial charge on any atom is 0.268 e. The number of sulfonamides is 1. The van der Waals surface area contributed by atoms with E-state index < -0.39 is 21.8 Å². The highest BCUT2D eigenvalue weighted by Crippen LogP contribution is 2.38. The fourth-order valence-corrected chi connectivity index (χ4v) is 5.57. The molecule has 0 spiro atoms. The standard InChI is InChI=1S/C22H19N3O6S/c1-13-19-20(22(28)25(21(19)27)17-4-2-3-5-18(17)26)15-12-14(6-7-16(15)23-13)32(29,30)24-8-10-31-11-9-24/h2-7,12,26H,8-11H2,1H3. The Bertz CT molecular complexity index is 1400. The predicted molar refractivity (Wildman–Crippen MR) is 115 cm³/mol. The first-order valence-electron chi connectivity index (χ1n) is 10.00. The number of rotatable bonds is 3. The SMILES string of the molecule is Cc1nc2ccc(S(=O)(=O)N3CCOCC3)cc2c2c1C(=O)N(c1ccccc1O)C2=O. The third kappa shape index (κ3) is 2.99. The molecule has 5 rings (SSSR count). The van der Waals surface area contributed by atoms with Crippen molar-refractivity contribution in [3.8, 4) is 5.75 Å². The molecule has 0 unspecified atom stereocenters. The molecule has 3 heterocycles. The Morgan fingerprint density at radius 2 is 1.69 bits per heavy atom. The van der Waals surface area contributed by atoms with Crippen molar-refractivity contribution in [2.45, 2.75) is 11.8 Å². The van der Waals surface area contributed by atoms with Crippen LogP contribution in [0.2, 0.25) is 0 Å². The van der Waals surface area contributed by atoms with Crippen molar-refractivity contribution in [2.75, 3.05) is 31.2 Å². The Labute approximate surface area is 183 Å². The summed E-state index contributed by atoms with van der Waals surface area (Å²) in [5.41, 5.74) is 1.00. The van der Waals surface area contributed by atoms with E-state index in [1.165, 1.54) is 34.6 Å². The third-order valence-corrected chi connectivity index (χ3v) is 7.60. The number of anilines is 1. The van der Waals surface area contributed by atoms with E-state index in [0.717, 1.165) is 4.90 Å². The van der Waals surface area contributed by atoms with Crippen LogP contribution < -0.4 is 4.90 Å². The van der Waals surface area contributed by atoms with Crippen molar-refractivity contribution in [3.63, 3.8) is 0 Å². The Morgan fingerprint density at radius 1 is 1.00 bits per heavy atom. The molecule has 0 bridgehead atoms. The highest BCUT2D eigenvalue weighted by molar-refractivity contribution is 7.89. The summed E-state index contributed by atoms with van der Waals surface area (Å²) in [5.74, 6) is -1.46. The number of aromatic hydroxyl groups is 1. The average Bonchev–Trinajstić information content (AvgIpc) is 3.05. The number of ether oxygens (including phenoxy) is 1. The molecular formula is C22H19N3O6S. The largest absolute Gasteiger partial charge is 0.506 e. The second kappa shape index (κ2) is 7.37. The number of amides is 2. The quantitative estimate of drug-likeness (QED) is 0.603. The number of carbonyl (C=O) groups is 2. The maximum atomic E-state index is 13.4. The van der Waals surface area contributed by atoms with Gasteiger partial charge in [0.15, 0.2) is 0 Å². The molecule has 2 aliphatic heterocycles. The topological polar surface area (TPSA) is 117 Å². The third-order valence-electron chi connectivity index (χ3n) is 5.70. The molecule has 1 N–H and O–H groups in total. The number of phenolic OH excluding ortho intramolecular Hbond substituents is 1. The van der Waals surface area contributed by atoms with Gasteiger partial charge in [0, 0.05) is 18.5 Å². The van der Waals surface area contributed by atoms with E-state index in [1.54, 1.807) is 19.1 Å². The zero-order valence-electron chi connectivity index (χ0n) is 17.1. The van der Waals surface area contributed by atoms with Gasteiger partial charge in [-0.25, -0.2) is 13.3 Å². The number of phenols is 1. The van der Waals surface area contributed by atoms with Gasteiger partial charge in [-0.05, 0) is 37.3 Å². The van der Waals surface area contributed by atoms with E-state index in [-0.39, 0.29) is 45.9 Å². The van der Waals surface area contributed by atoms with Crippen molar-refractivity contribution >= 4 is 38.4 Å². The molecule has 3 aromatic rings. The lowest BCUT2D eigenvalue weighted by Gasteiger charge is -2.26. The summed E-state index contributed by atoms with van der Waals surface area (Å²) >= 11 is 0. The molecule has 1 saturated heterocycles. The van der Waals surface area contributed by atoms with Gasteiger partial charge in [-0.1, -0.05) is 12.1 Å². The number of morpholine rings is 1. The number of pyridine rings is 1. The van der Waals surface area contributed by atoms with Crippen LogP contribution in [0, 0.1) is 6.92 Å². The van der Waals surface area contributed by atoms with Crippen LogP contribution in [0.15, 0.2) is 47.4 Å². The minimum absolute atomic E-state index is 0.0148. The van der Waals surface area contributed by atoms with Crippen LogP contribution >= 0.6 is 0 Å². The Hall–Kier alpha value is -3.34. The maximum absolute atomic E-state index is 13.4. The summed E-state index contributed by atoms with van der Waals surface area (Å²) in [7, 11) is -3.81. The summed E-state index contributed by atoms with van der Waals surface area (Å²) in [6, 6.07) is 10.4. The molecule has 1 fully saturated rings. The highest BCUT2D eigenvalue weighted by atomic mass is 32.2. The lowest BCUT2D eigenvalue weighted by molar-refractivity contribution is 0.0730. The van der Waals surface area contributed by atoms with Crippen molar-refractivity contribution in [3.05, 3.63) is 59.3 Å². The summed E-state index contributed by atoms with van der Waals surface area (Å²) in [4.78, 5) is 31.9. The molecule has 32 heavy (non-hydrogen) atoms. The molecule has 0 radical (unpaired) electrons. The van der Waals surface area contributed by atoms with Gasteiger partial charge in [0.2, 0.25) is 10.0 Å². The Kier molecular flexibility index (Phi) is 4.73. The zero-order valence-corrected chi connectivity index (χ0v) is 17.9. The predicted octanol–water partition coefficient (Wildman–Crippen LogP) is 2.07. The van der Waals surface area contributed by atoms with Gasteiger partial charge in [0.05, 0.1) is 46.1 Å². The monoisotopic (exact) mass is 453 g/mol. The van der Waals surface area contributed by atoms with E-state index in [4.69, 9.17) is 4.74 Å². The highest BCUT2D eigenvalue weighted by Gasteiger charge is 2.41. The van der Waals surface area contributed by atoms with Crippen molar-refractivity contribution < 1.29 is 27.9 Å². The van der Waals surface area contributed by atoms with E-state index >= 15 is 0 Å². The number of hydrogen-bond donors (Lipinski definition) is 1. The van der Waals surface area contributed by atoms with Crippen LogP contribution in [-0.2, 0) is 14.8 Å². The number of carbonyl (C=O) groups excluding carboxylic acids is 2. The van der Waals surface area contributed by atoms with Crippen molar-refractivity contribution in [1.29, 1.82) is 0 Å². The van der Waals surface area contributed by atoms with Gasteiger partial charge >= 0.3 is 0 Å².